The normalized spacial score (nSPS) is 10.4. The summed E-state index contributed by atoms with van der Waals surface area (Å²) < 4.78 is 12.9. The number of anilines is 1. The zero-order valence-corrected chi connectivity index (χ0v) is 15.9. The smallest absolute Gasteiger partial charge is 0.336 e. The number of halogens is 1. The molecule has 5 nitrogen and oxygen atoms in total. The molecule has 0 aliphatic carbocycles. The van der Waals surface area contributed by atoms with Crippen LogP contribution < -0.4 is 5.32 Å². The van der Waals surface area contributed by atoms with Crippen molar-refractivity contribution in [3.8, 4) is 0 Å². The minimum Gasteiger partial charge on any atom is -0.478 e. The maximum absolute atomic E-state index is 12.9. The highest BCUT2D eigenvalue weighted by atomic mass is 32.2. The van der Waals surface area contributed by atoms with Crippen molar-refractivity contribution in [2.75, 3.05) is 11.1 Å². The minimum atomic E-state index is -1.17. The van der Waals surface area contributed by atoms with Crippen LogP contribution in [0.1, 0.15) is 31.1 Å². The molecule has 0 aliphatic heterocycles. The van der Waals surface area contributed by atoms with Crippen LogP contribution in [-0.2, 0) is 0 Å². The number of rotatable bonds is 7. The number of hydrogen-bond donors (Lipinski definition) is 2. The van der Waals surface area contributed by atoms with Crippen molar-refractivity contribution in [2.45, 2.75) is 4.90 Å². The molecule has 7 heteroatoms. The second-order valence-corrected chi connectivity index (χ2v) is 7.10. The summed E-state index contributed by atoms with van der Waals surface area (Å²) in [6.07, 6.45) is 0. The standard InChI is InChI=1S/C22H16FNO4S/c23-15-7-5-14(6-8-15)20(25)13-29-17-11-9-16(10-12-17)24-21(26)18-3-1-2-4-19(18)22(27)28/h1-12H,13H2,(H,24,26)(H,27,28). The molecule has 0 saturated heterocycles. The lowest BCUT2D eigenvalue weighted by Crippen LogP contribution is -2.16. The number of carboxylic acid groups (broad SMARTS) is 1. The fourth-order valence-corrected chi connectivity index (χ4v) is 3.36. The number of aromatic carboxylic acids is 1. The Morgan fingerprint density at radius 2 is 1.48 bits per heavy atom. The van der Waals surface area contributed by atoms with Crippen LogP contribution in [0.15, 0.2) is 77.7 Å². The molecular weight excluding hydrogens is 393 g/mol. The topological polar surface area (TPSA) is 83.5 Å². The molecule has 0 aromatic heterocycles. The van der Waals surface area contributed by atoms with E-state index in [0.717, 1.165) is 4.90 Å². The highest BCUT2D eigenvalue weighted by Crippen LogP contribution is 2.22. The molecule has 0 heterocycles. The summed E-state index contributed by atoms with van der Waals surface area (Å²) in [7, 11) is 0. The molecule has 3 aromatic rings. The van der Waals surface area contributed by atoms with Crippen LogP contribution in [0.3, 0.4) is 0 Å². The Morgan fingerprint density at radius 1 is 0.862 bits per heavy atom. The second-order valence-electron chi connectivity index (χ2n) is 6.05. The van der Waals surface area contributed by atoms with Gasteiger partial charge in [-0.25, -0.2) is 9.18 Å². The summed E-state index contributed by atoms with van der Waals surface area (Å²) in [6, 6.07) is 18.2. The summed E-state index contributed by atoms with van der Waals surface area (Å²) >= 11 is 1.32. The molecule has 2 N–H and O–H groups in total. The third-order valence-electron chi connectivity index (χ3n) is 4.05. The average molecular weight is 409 g/mol. The predicted octanol–water partition coefficient (Wildman–Crippen LogP) is 4.75. The predicted molar refractivity (Wildman–Crippen MR) is 109 cm³/mol. The number of carboxylic acids is 1. The molecular formula is C22H16FNO4S. The summed E-state index contributed by atoms with van der Waals surface area (Å²) in [4.78, 5) is 36.6. The lowest BCUT2D eigenvalue weighted by molar-refractivity contribution is 0.0692. The maximum Gasteiger partial charge on any atom is 0.336 e. The largest absolute Gasteiger partial charge is 0.478 e. The quantitative estimate of drug-likeness (QED) is 0.435. The Labute approximate surface area is 170 Å². The molecule has 0 spiro atoms. The van der Waals surface area contributed by atoms with Crippen molar-refractivity contribution in [1.82, 2.24) is 0 Å². The Balaban J connectivity index is 1.60. The second kappa shape index (κ2) is 9.16. The van der Waals surface area contributed by atoms with E-state index in [1.165, 1.54) is 48.2 Å². The average Bonchev–Trinajstić information content (AvgIpc) is 2.73. The Morgan fingerprint density at radius 3 is 2.10 bits per heavy atom. The third kappa shape index (κ3) is 5.30. The number of carbonyl (C=O) groups is 3. The van der Waals surface area contributed by atoms with E-state index in [2.05, 4.69) is 5.32 Å². The van der Waals surface area contributed by atoms with E-state index in [1.54, 1.807) is 36.4 Å². The van der Waals surface area contributed by atoms with Crippen LogP contribution in [-0.4, -0.2) is 28.5 Å². The van der Waals surface area contributed by atoms with E-state index in [9.17, 15) is 23.9 Å². The van der Waals surface area contributed by atoms with Crippen LogP contribution in [0.25, 0.3) is 0 Å². The number of thioether (sulfide) groups is 1. The summed E-state index contributed by atoms with van der Waals surface area (Å²) in [5.74, 6) is -2.00. The van der Waals surface area contributed by atoms with Crippen LogP contribution in [0.5, 0.6) is 0 Å². The number of hydrogen-bond acceptors (Lipinski definition) is 4. The molecule has 0 bridgehead atoms. The van der Waals surface area contributed by atoms with Crippen LogP contribution in [0.2, 0.25) is 0 Å². The number of amides is 1. The molecule has 0 fully saturated rings. The zero-order valence-electron chi connectivity index (χ0n) is 15.1. The lowest BCUT2D eigenvalue weighted by Gasteiger charge is -2.08. The molecule has 0 unspecified atom stereocenters. The molecule has 3 aromatic carbocycles. The van der Waals surface area contributed by atoms with Crippen molar-refractivity contribution in [1.29, 1.82) is 0 Å². The monoisotopic (exact) mass is 409 g/mol. The third-order valence-corrected chi connectivity index (χ3v) is 5.06. The van der Waals surface area contributed by atoms with Crippen molar-refractivity contribution in [2.24, 2.45) is 0 Å². The zero-order chi connectivity index (χ0) is 20.8. The van der Waals surface area contributed by atoms with Gasteiger partial charge in [0.05, 0.1) is 16.9 Å². The van der Waals surface area contributed by atoms with E-state index >= 15 is 0 Å². The number of benzene rings is 3. The maximum atomic E-state index is 12.9. The Bertz CT molecular complexity index is 1050. The molecule has 0 aliphatic rings. The summed E-state index contributed by atoms with van der Waals surface area (Å²) in [5, 5.41) is 11.9. The summed E-state index contributed by atoms with van der Waals surface area (Å²) in [6.45, 7) is 0. The fourth-order valence-electron chi connectivity index (χ4n) is 2.57. The van der Waals surface area contributed by atoms with Gasteiger partial charge in [-0.1, -0.05) is 12.1 Å². The minimum absolute atomic E-state index is 0.0725. The first-order valence-corrected chi connectivity index (χ1v) is 9.58. The number of ketones is 1. The van der Waals surface area contributed by atoms with Gasteiger partial charge in [-0.2, -0.15) is 0 Å². The van der Waals surface area contributed by atoms with Gasteiger partial charge in [-0.3, -0.25) is 9.59 Å². The van der Waals surface area contributed by atoms with Crippen molar-refractivity contribution >= 4 is 35.1 Å². The van der Waals surface area contributed by atoms with Gasteiger partial charge in [-0.15, -0.1) is 11.8 Å². The van der Waals surface area contributed by atoms with Crippen molar-refractivity contribution < 1.29 is 23.9 Å². The van der Waals surface area contributed by atoms with Gasteiger partial charge in [-0.05, 0) is 60.7 Å². The molecule has 0 atom stereocenters. The van der Waals surface area contributed by atoms with Gasteiger partial charge < -0.3 is 10.4 Å². The molecule has 3 rings (SSSR count). The highest BCUT2D eigenvalue weighted by Gasteiger charge is 2.15. The van der Waals surface area contributed by atoms with Crippen molar-refractivity contribution in [3.05, 3.63) is 95.3 Å². The Kier molecular flexibility index (Phi) is 6.41. The van der Waals surface area contributed by atoms with Gasteiger partial charge in [0.25, 0.3) is 5.91 Å². The first-order valence-electron chi connectivity index (χ1n) is 8.59. The lowest BCUT2D eigenvalue weighted by atomic mass is 10.1. The van der Waals surface area contributed by atoms with Gasteiger partial charge in [0.1, 0.15) is 5.82 Å². The fraction of sp³-hybridized carbons (Fsp3) is 0.0455. The number of carbonyl (C=O) groups excluding carboxylic acids is 2. The first kappa shape index (κ1) is 20.3. The summed E-state index contributed by atoms with van der Waals surface area (Å²) in [5.41, 5.74) is 0.948. The number of Topliss-reactive ketones (excluding diaryl/α,β-unsaturated/α-hetero) is 1. The van der Waals surface area contributed by atoms with Gasteiger partial charge in [0, 0.05) is 16.1 Å². The van der Waals surface area contributed by atoms with Crippen LogP contribution in [0.4, 0.5) is 10.1 Å². The SMILES string of the molecule is O=C(CSc1ccc(NC(=O)c2ccccc2C(=O)O)cc1)c1ccc(F)cc1. The van der Waals surface area contributed by atoms with E-state index in [0.29, 0.717) is 11.3 Å². The Hall–Kier alpha value is -3.45. The van der Waals surface area contributed by atoms with E-state index in [-0.39, 0.29) is 22.7 Å². The van der Waals surface area contributed by atoms with Crippen molar-refractivity contribution in [3.63, 3.8) is 0 Å². The van der Waals surface area contributed by atoms with Gasteiger partial charge in [0.15, 0.2) is 5.78 Å². The van der Waals surface area contributed by atoms with Crippen LogP contribution in [0, 0.1) is 5.82 Å². The molecule has 29 heavy (non-hydrogen) atoms. The van der Waals surface area contributed by atoms with E-state index < -0.39 is 17.7 Å². The molecule has 1 amide bonds. The molecule has 0 saturated carbocycles. The van der Waals surface area contributed by atoms with E-state index in [4.69, 9.17) is 0 Å². The van der Waals surface area contributed by atoms with Gasteiger partial charge in [0.2, 0.25) is 0 Å². The van der Waals surface area contributed by atoms with E-state index in [1.807, 2.05) is 0 Å². The highest BCUT2D eigenvalue weighted by molar-refractivity contribution is 8.00. The molecule has 0 radical (unpaired) electrons. The molecule has 146 valence electrons. The first-order chi connectivity index (χ1) is 13.9. The van der Waals surface area contributed by atoms with Crippen LogP contribution >= 0.6 is 11.8 Å². The van der Waals surface area contributed by atoms with Gasteiger partial charge >= 0.3 is 5.97 Å². The number of nitrogens with one attached hydrogen (secondary N) is 1.